The molecule has 0 aromatic rings. The number of rotatable bonds is 5. The molecule has 0 N–H and O–H groups in total. The lowest BCUT2D eigenvalue weighted by Gasteiger charge is -2.32. The zero-order chi connectivity index (χ0) is 15.2. The van der Waals surface area contributed by atoms with Crippen molar-refractivity contribution in [1.29, 1.82) is 0 Å². The predicted octanol–water partition coefficient (Wildman–Crippen LogP) is 6.62. The second-order valence-electron chi connectivity index (χ2n) is 6.95. The van der Waals surface area contributed by atoms with Crippen molar-refractivity contribution in [1.82, 2.24) is 0 Å². The van der Waals surface area contributed by atoms with Gasteiger partial charge in [0.05, 0.1) is 0 Å². The summed E-state index contributed by atoms with van der Waals surface area (Å²) in [6, 6.07) is 0. The molecular formula is C20H32. The molecule has 0 aliphatic heterocycles. The maximum absolute atomic E-state index is 2.37. The Bertz CT molecular complexity index is 427. The molecule has 1 unspecified atom stereocenters. The summed E-state index contributed by atoms with van der Waals surface area (Å²) in [5, 5.41) is 0. The van der Waals surface area contributed by atoms with Crippen molar-refractivity contribution in [2.45, 2.75) is 67.2 Å². The molecular weight excluding hydrogens is 240 g/mol. The fourth-order valence-corrected chi connectivity index (χ4v) is 2.81. The lowest BCUT2D eigenvalue weighted by molar-refractivity contribution is 0.377. The fourth-order valence-electron chi connectivity index (χ4n) is 2.81. The highest BCUT2D eigenvalue weighted by Crippen LogP contribution is 2.40. The lowest BCUT2D eigenvalue weighted by Crippen LogP contribution is -2.19. The van der Waals surface area contributed by atoms with Gasteiger partial charge in [-0.3, -0.25) is 0 Å². The van der Waals surface area contributed by atoms with Crippen molar-refractivity contribution in [2.24, 2.45) is 11.3 Å². The molecule has 1 aliphatic carbocycles. The van der Waals surface area contributed by atoms with E-state index in [0.29, 0.717) is 11.3 Å². The monoisotopic (exact) mass is 272 g/mol. The van der Waals surface area contributed by atoms with Crippen LogP contribution < -0.4 is 0 Å². The molecule has 0 heteroatoms. The Morgan fingerprint density at radius 3 is 2.65 bits per heavy atom. The molecule has 0 saturated heterocycles. The lowest BCUT2D eigenvalue weighted by atomic mass is 9.72. The standard InChI is InChI=1S/C20H32/c1-7-16(2)10-8-11-17(3)13-14-19-18(4)12-9-15-20(19,5)6/h8,10-11,13-14,16H,7,9,12,15H2,1-6H3/b10-8+,14-13+,17-11+. The van der Waals surface area contributed by atoms with Crippen LogP contribution in [0.25, 0.3) is 0 Å². The summed E-state index contributed by atoms with van der Waals surface area (Å²) in [7, 11) is 0. The first kappa shape index (κ1) is 17.0. The molecule has 0 fully saturated rings. The summed E-state index contributed by atoms with van der Waals surface area (Å²) < 4.78 is 0. The predicted molar refractivity (Wildman–Crippen MR) is 91.8 cm³/mol. The number of hydrogen-bond donors (Lipinski definition) is 0. The zero-order valence-corrected chi connectivity index (χ0v) is 14.3. The van der Waals surface area contributed by atoms with Crippen LogP contribution in [0.4, 0.5) is 0 Å². The van der Waals surface area contributed by atoms with Crippen LogP contribution in [0, 0.1) is 11.3 Å². The fraction of sp³-hybridized carbons (Fsp3) is 0.600. The normalized spacial score (nSPS) is 22.0. The van der Waals surface area contributed by atoms with Gasteiger partial charge in [0.2, 0.25) is 0 Å². The van der Waals surface area contributed by atoms with Crippen LogP contribution in [0.3, 0.4) is 0 Å². The Balaban J connectivity index is 2.76. The van der Waals surface area contributed by atoms with Gasteiger partial charge in [-0.2, -0.15) is 0 Å². The molecule has 0 aromatic heterocycles. The van der Waals surface area contributed by atoms with Crippen molar-refractivity contribution in [3.05, 3.63) is 47.1 Å². The first-order valence-electron chi connectivity index (χ1n) is 8.10. The summed E-state index contributed by atoms with van der Waals surface area (Å²) in [6.45, 7) is 13.7. The molecule has 0 nitrogen and oxygen atoms in total. The number of allylic oxidation sites excluding steroid dienone is 8. The van der Waals surface area contributed by atoms with Crippen molar-refractivity contribution in [3.8, 4) is 0 Å². The van der Waals surface area contributed by atoms with Gasteiger partial charge in [0, 0.05) is 0 Å². The largest absolute Gasteiger partial charge is 0.0817 e. The summed E-state index contributed by atoms with van der Waals surface area (Å²) in [4.78, 5) is 0. The third-order valence-corrected chi connectivity index (χ3v) is 4.50. The van der Waals surface area contributed by atoms with Crippen molar-refractivity contribution in [3.63, 3.8) is 0 Å². The van der Waals surface area contributed by atoms with E-state index in [4.69, 9.17) is 0 Å². The minimum Gasteiger partial charge on any atom is -0.0817 e. The van der Waals surface area contributed by atoms with Crippen LogP contribution in [-0.4, -0.2) is 0 Å². The molecule has 1 rings (SSSR count). The maximum Gasteiger partial charge on any atom is -0.0104 e. The summed E-state index contributed by atoms with van der Waals surface area (Å²) in [5.41, 5.74) is 4.78. The van der Waals surface area contributed by atoms with E-state index < -0.39 is 0 Å². The van der Waals surface area contributed by atoms with E-state index in [1.165, 1.54) is 31.3 Å². The molecule has 112 valence electrons. The average molecular weight is 272 g/mol. The molecule has 0 radical (unpaired) electrons. The summed E-state index contributed by atoms with van der Waals surface area (Å²) in [6.07, 6.45) is 16.4. The van der Waals surface area contributed by atoms with E-state index >= 15 is 0 Å². The van der Waals surface area contributed by atoms with Gasteiger partial charge >= 0.3 is 0 Å². The SMILES string of the molecule is CCC(C)/C=C/C=C(C)/C=C/C1=C(C)CCCC1(C)C. The Morgan fingerprint density at radius 2 is 2.05 bits per heavy atom. The molecule has 0 saturated carbocycles. The second-order valence-corrected chi connectivity index (χ2v) is 6.95. The van der Waals surface area contributed by atoms with Crippen molar-refractivity contribution in [2.75, 3.05) is 0 Å². The summed E-state index contributed by atoms with van der Waals surface area (Å²) >= 11 is 0. The van der Waals surface area contributed by atoms with Gasteiger partial charge in [-0.05, 0) is 50.0 Å². The maximum atomic E-state index is 2.37. The van der Waals surface area contributed by atoms with Crippen LogP contribution in [0.5, 0.6) is 0 Å². The van der Waals surface area contributed by atoms with Crippen LogP contribution in [0.2, 0.25) is 0 Å². The first-order chi connectivity index (χ1) is 9.36. The Hall–Kier alpha value is -1.04. The van der Waals surface area contributed by atoms with Crippen LogP contribution in [-0.2, 0) is 0 Å². The van der Waals surface area contributed by atoms with Crippen LogP contribution in [0.15, 0.2) is 47.1 Å². The minimum atomic E-state index is 0.339. The highest BCUT2D eigenvalue weighted by Gasteiger charge is 2.26. The second kappa shape index (κ2) is 7.67. The minimum absolute atomic E-state index is 0.339. The topological polar surface area (TPSA) is 0 Å². The van der Waals surface area contributed by atoms with E-state index in [-0.39, 0.29) is 0 Å². The average Bonchev–Trinajstić information content (AvgIpc) is 2.37. The van der Waals surface area contributed by atoms with E-state index in [1.807, 2.05) is 0 Å². The van der Waals surface area contributed by atoms with Gasteiger partial charge in [-0.15, -0.1) is 0 Å². The zero-order valence-electron chi connectivity index (χ0n) is 14.3. The molecule has 0 aromatic carbocycles. The molecule has 0 amide bonds. The summed E-state index contributed by atoms with van der Waals surface area (Å²) in [5.74, 6) is 0.672. The molecule has 0 bridgehead atoms. The highest BCUT2D eigenvalue weighted by atomic mass is 14.3. The Morgan fingerprint density at radius 1 is 1.35 bits per heavy atom. The third-order valence-electron chi connectivity index (χ3n) is 4.50. The number of hydrogen-bond acceptors (Lipinski definition) is 0. The molecule has 0 heterocycles. The van der Waals surface area contributed by atoms with Gasteiger partial charge in [0.1, 0.15) is 0 Å². The molecule has 20 heavy (non-hydrogen) atoms. The Labute approximate surface area is 126 Å². The van der Waals surface area contributed by atoms with Gasteiger partial charge < -0.3 is 0 Å². The highest BCUT2D eigenvalue weighted by molar-refractivity contribution is 5.36. The first-order valence-corrected chi connectivity index (χ1v) is 8.10. The van der Waals surface area contributed by atoms with Gasteiger partial charge in [0.15, 0.2) is 0 Å². The van der Waals surface area contributed by atoms with Gasteiger partial charge in [-0.1, -0.05) is 75.6 Å². The van der Waals surface area contributed by atoms with E-state index in [0.717, 1.165) is 0 Å². The smallest absolute Gasteiger partial charge is 0.0104 e. The van der Waals surface area contributed by atoms with Gasteiger partial charge in [-0.25, -0.2) is 0 Å². The van der Waals surface area contributed by atoms with E-state index in [1.54, 1.807) is 11.1 Å². The molecule has 1 aliphatic rings. The third kappa shape index (κ3) is 5.15. The van der Waals surface area contributed by atoms with Crippen molar-refractivity contribution >= 4 is 0 Å². The van der Waals surface area contributed by atoms with E-state index in [9.17, 15) is 0 Å². The van der Waals surface area contributed by atoms with Crippen LogP contribution in [0.1, 0.15) is 67.2 Å². The van der Waals surface area contributed by atoms with Crippen LogP contribution >= 0.6 is 0 Å². The quantitative estimate of drug-likeness (QED) is 0.493. The molecule has 0 spiro atoms. The Kier molecular flexibility index (Phi) is 6.52. The van der Waals surface area contributed by atoms with Crippen molar-refractivity contribution < 1.29 is 0 Å². The molecule has 1 atom stereocenters. The van der Waals surface area contributed by atoms with E-state index in [2.05, 4.69) is 71.9 Å². The van der Waals surface area contributed by atoms with Gasteiger partial charge in [0.25, 0.3) is 0 Å².